The molecule has 0 radical (unpaired) electrons. The topological polar surface area (TPSA) is 71.1 Å². The highest BCUT2D eigenvalue weighted by Gasteiger charge is 2.30. The van der Waals surface area contributed by atoms with Crippen molar-refractivity contribution in [2.75, 3.05) is 6.61 Å². The van der Waals surface area contributed by atoms with Crippen molar-refractivity contribution in [3.63, 3.8) is 0 Å². The quantitative estimate of drug-likeness (QED) is 0.541. The highest BCUT2D eigenvalue weighted by molar-refractivity contribution is 5.89. The lowest BCUT2D eigenvalue weighted by atomic mass is 10.1. The van der Waals surface area contributed by atoms with Crippen molar-refractivity contribution in [2.24, 2.45) is 0 Å². The number of hydrogen-bond acceptors (Lipinski definition) is 6. The second-order valence-corrected chi connectivity index (χ2v) is 6.26. The highest BCUT2D eigenvalue weighted by Crippen LogP contribution is 2.19. The van der Waals surface area contributed by atoms with Gasteiger partial charge >= 0.3 is 11.9 Å². The van der Waals surface area contributed by atoms with Crippen LogP contribution in [-0.2, 0) is 30.3 Å². The first kappa shape index (κ1) is 19.8. The van der Waals surface area contributed by atoms with Crippen molar-refractivity contribution in [3.8, 4) is 0 Å². The van der Waals surface area contributed by atoms with Crippen LogP contribution in [0.4, 0.5) is 0 Å². The second-order valence-electron chi connectivity index (χ2n) is 6.26. The summed E-state index contributed by atoms with van der Waals surface area (Å²) in [6.45, 7) is 1.65. The number of ether oxygens (including phenoxy) is 4. The Bertz CT molecular complexity index is 802. The Morgan fingerprint density at radius 3 is 2.32 bits per heavy atom. The summed E-state index contributed by atoms with van der Waals surface area (Å²) in [5.74, 6) is -0.914. The van der Waals surface area contributed by atoms with E-state index in [4.69, 9.17) is 18.9 Å². The fourth-order valence-electron chi connectivity index (χ4n) is 2.73. The van der Waals surface area contributed by atoms with E-state index >= 15 is 0 Å². The van der Waals surface area contributed by atoms with Crippen LogP contribution in [0.3, 0.4) is 0 Å². The van der Waals surface area contributed by atoms with Crippen molar-refractivity contribution in [1.82, 2.24) is 0 Å². The molecule has 1 aliphatic heterocycles. The number of rotatable bonds is 7. The van der Waals surface area contributed by atoms with Gasteiger partial charge in [0, 0.05) is 6.92 Å². The summed E-state index contributed by atoms with van der Waals surface area (Å²) in [6, 6.07) is 18.4. The number of hydrogen-bond donors (Lipinski definition) is 0. The molecule has 2 aromatic carbocycles. The standard InChI is InChI=1S/C22H22O6/c1-16(23)27-21-13-12-19(25-14-17-8-4-2-5-9-17)20(28-21)15-26-22(24)18-10-6-3-7-11-18/h2-13,19-21H,14-15H2,1H3/t19-,20+,21-/m0/s1. The van der Waals surface area contributed by atoms with Crippen molar-refractivity contribution < 1.29 is 28.5 Å². The SMILES string of the molecule is CC(=O)O[C@@H]1C=C[C@H](OCc2ccccc2)[C@@H](COC(=O)c2ccccc2)O1. The zero-order valence-electron chi connectivity index (χ0n) is 15.5. The van der Waals surface area contributed by atoms with Crippen molar-refractivity contribution in [2.45, 2.75) is 32.0 Å². The number of benzene rings is 2. The van der Waals surface area contributed by atoms with Gasteiger partial charge in [-0.2, -0.15) is 0 Å². The maximum Gasteiger partial charge on any atom is 0.338 e. The van der Waals surface area contributed by atoms with Crippen molar-refractivity contribution in [1.29, 1.82) is 0 Å². The van der Waals surface area contributed by atoms with Crippen LogP contribution in [0.15, 0.2) is 72.8 Å². The first-order valence-corrected chi connectivity index (χ1v) is 9.00. The molecule has 2 aromatic rings. The highest BCUT2D eigenvalue weighted by atomic mass is 16.7. The smallest absolute Gasteiger partial charge is 0.338 e. The summed E-state index contributed by atoms with van der Waals surface area (Å²) >= 11 is 0. The van der Waals surface area contributed by atoms with Gasteiger partial charge in [0.05, 0.1) is 12.2 Å². The van der Waals surface area contributed by atoms with Gasteiger partial charge in [-0.1, -0.05) is 54.6 Å². The molecule has 0 fully saturated rings. The summed E-state index contributed by atoms with van der Waals surface area (Å²) < 4.78 is 22.1. The Hall–Kier alpha value is -2.96. The van der Waals surface area contributed by atoms with E-state index in [9.17, 15) is 9.59 Å². The van der Waals surface area contributed by atoms with Gasteiger partial charge in [-0.05, 0) is 23.8 Å². The first-order chi connectivity index (χ1) is 13.6. The molecular weight excluding hydrogens is 360 g/mol. The zero-order chi connectivity index (χ0) is 19.8. The monoisotopic (exact) mass is 382 g/mol. The van der Waals surface area contributed by atoms with Gasteiger partial charge in [0.15, 0.2) is 0 Å². The third-order valence-electron chi connectivity index (χ3n) is 4.09. The molecule has 3 atom stereocenters. The Labute approximate surface area is 163 Å². The van der Waals surface area contributed by atoms with E-state index in [2.05, 4.69) is 0 Å². The molecule has 1 heterocycles. The lowest BCUT2D eigenvalue weighted by Crippen LogP contribution is -2.41. The third kappa shape index (κ3) is 5.77. The maximum atomic E-state index is 12.2. The van der Waals surface area contributed by atoms with Crippen LogP contribution in [0.1, 0.15) is 22.8 Å². The number of carbonyl (C=O) groups excluding carboxylic acids is 2. The van der Waals surface area contributed by atoms with E-state index in [-0.39, 0.29) is 6.61 Å². The molecule has 0 amide bonds. The van der Waals surface area contributed by atoms with Crippen LogP contribution >= 0.6 is 0 Å². The lowest BCUT2D eigenvalue weighted by Gasteiger charge is -2.31. The van der Waals surface area contributed by atoms with Gasteiger partial charge in [0.1, 0.15) is 18.8 Å². The first-order valence-electron chi connectivity index (χ1n) is 9.00. The fourth-order valence-corrected chi connectivity index (χ4v) is 2.73. The van der Waals surface area contributed by atoms with Crippen molar-refractivity contribution >= 4 is 11.9 Å². The predicted molar refractivity (Wildman–Crippen MR) is 101 cm³/mol. The molecule has 0 unspecified atom stereocenters. The van der Waals surface area contributed by atoms with E-state index in [0.717, 1.165) is 5.56 Å². The predicted octanol–water partition coefficient (Wildman–Crippen LogP) is 3.27. The molecule has 6 heteroatoms. The van der Waals surface area contributed by atoms with Gasteiger partial charge in [0.2, 0.25) is 6.29 Å². The molecule has 3 rings (SSSR count). The molecule has 0 bridgehead atoms. The van der Waals surface area contributed by atoms with E-state index < -0.39 is 30.4 Å². The Kier molecular flexibility index (Phi) is 6.94. The van der Waals surface area contributed by atoms with Gasteiger partial charge < -0.3 is 18.9 Å². The summed E-state index contributed by atoms with van der Waals surface area (Å²) in [6.07, 6.45) is 1.49. The van der Waals surface area contributed by atoms with E-state index in [1.165, 1.54) is 6.92 Å². The summed E-state index contributed by atoms with van der Waals surface area (Å²) in [7, 11) is 0. The zero-order valence-corrected chi connectivity index (χ0v) is 15.5. The molecule has 0 saturated carbocycles. The maximum absolute atomic E-state index is 12.2. The fraction of sp³-hybridized carbons (Fsp3) is 0.273. The lowest BCUT2D eigenvalue weighted by molar-refractivity contribution is -0.196. The van der Waals surface area contributed by atoms with Gasteiger partial charge in [-0.3, -0.25) is 4.79 Å². The summed E-state index contributed by atoms with van der Waals surface area (Å²) in [5, 5.41) is 0. The molecule has 28 heavy (non-hydrogen) atoms. The average Bonchev–Trinajstić information content (AvgIpc) is 2.72. The van der Waals surface area contributed by atoms with Crippen LogP contribution in [0, 0.1) is 0 Å². The van der Waals surface area contributed by atoms with Gasteiger partial charge in [-0.25, -0.2) is 4.79 Å². The molecular formula is C22H22O6. The Morgan fingerprint density at radius 2 is 1.64 bits per heavy atom. The van der Waals surface area contributed by atoms with Crippen LogP contribution in [0.5, 0.6) is 0 Å². The third-order valence-corrected chi connectivity index (χ3v) is 4.09. The van der Waals surface area contributed by atoms with Gasteiger partial charge in [0.25, 0.3) is 0 Å². The minimum atomic E-state index is -0.838. The molecule has 0 saturated heterocycles. The molecule has 0 spiro atoms. The average molecular weight is 382 g/mol. The Balaban J connectivity index is 1.63. The molecule has 0 N–H and O–H groups in total. The van der Waals surface area contributed by atoms with Crippen LogP contribution < -0.4 is 0 Å². The minimum absolute atomic E-state index is 0.0325. The van der Waals surface area contributed by atoms with Crippen LogP contribution in [0.2, 0.25) is 0 Å². The van der Waals surface area contributed by atoms with Crippen molar-refractivity contribution in [3.05, 3.63) is 83.9 Å². The molecule has 1 aliphatic rings. The Morgan fingerprint density at radius 1 is 0.964 bits per heavy atom. The van der Waals surface area contributed by atoms with Gasteiger partial charge in [-0.15, -0.1) is 0 Å². The van der Waals surface area contributed by atoms with Crippen LogP contribution in [-0.4, -0.2) is 37.0 Å². The number of esters is 2. The summed E-state index contributed by atoms with van der Waals surface area (Å²) in [4.78, 5) is 23.4. The number of carbonyl (C=O) groups is 2. The minimum Gasteiger partial charge on any atom is -0.459 e. The van der Waals surface area contributed by atoms with E-state index in [1.54, 1.807) is 36.4 Å². The molecule has 0 aromatic heterocycles. The van der Waals surface area contributed by atoms with E-state index in [1.807, 2.05) is 36.4 Å². The normalized spacial score (nSPS) is 21.1. The molecule has 146 valence electrons. The molecule has 0 aliphatic carbocycles. The largest absolute Gasteiger partial charge is 0.459 e. The molecule has 6 nitrogen and oxygen atoms in total. The summed E-state index contributed by atoms with van der Waals surface area (Å²) in [5.41, 5.74) is 1.46. The van der Waals surface area contributed by atoms with E-state index in [0.29, 0.717) is 12.2 Å². The second kappa shape index (κ2) is 9.82. The van der Waals surface area contributed by atoms with Crippen LogP contribution in [0.25, 0.3) is 0 Å².